The first kappa shape index (κ1) is 29.5. The van der Waals surface area contributed by atoms with Crippen LogP contribution in [0.2, 0.25) is 0 Å². The maximum atomic E-state index is 12.3. The van der Waals surface area contributed by atoms with Gasteiger partial charge in [0.05, 0.1) is 19.3 Å². The minimum absolute atomic E-state index is 0.0162. The molecule has 2 rings (SSSR count). The summed E-state index contributed by atoms with van der Waals surface area (Å²) in [4.78, 5) is 57.0. The Hall–Kier alpha value is -1.77. The standard InChI is InChI=1S/C17H21F3N3O9PS2/c1-9(35-34-2)31-11-6-13(32-12(11)8-30-33(27,28)29)23-7-10(14(24)22-16(23)26)4-3-5-21-15(25)17(18,19)20/h7,9,11-13H,5-6,8H2,1-2H3,(H,21,25)(H,22,24,26)(H2,27,28,29)/p-1/t9-,11?,12-,13-/m1/s1. The molecule has 35 heavy (non-hydrogen) atoms. The van der Waals surface area contributed by atoms with Crippen molar-refractivity contribution in [2.24, 2.45) is 0 Å². The molecule has 1 aromatic heterocycles. The van der Waals surface area contributed by atoms with Gasteiger partial charge in [0.15, 0.2) is 0 Å². The number of halogens is 3. The van der Waals surface area contributed by atoms with Crippen molar-refractivity contribution >= 4 is 35.3 Å². The van der Waals surface area contributed by atoms with Gasteiger partial charge < -0.3 is 29.1 Å². The molecule has 1 saturated heterocycles. The fourth-order valence-electron chi connectivity index (χ4n) is 2.89. The first-order valence-electron chi connectivity index (χ1n) is 9.59. The molecular formula is C17H20F3N3O9PS2-. The van der Waals surface area contributed by atoms with E-state index in [2.05, 4.69) is 16.4 Å². The maximum Gasteiger partial charge on any atom is 0.471 e. The van der Waals surface area contributed by atoms with E-state index in [0.717, 1.165) is 10.8 Å². The Bertz CT molecular complexity index is 1130. The number of ether oxygens (including phenoxy) is 2. The second-order valence-corrected chi connectivity index (χ2v) is 10.8. The molecule has 5 atom stereocenters. The van der Waals surface area contributed by atoms with Gasteiger partial charge in [-0.3, -0.25) is 23.7 Å². The number of nitrogens with zero attached hydrogens (tertiary/aromatic N) is 1. The van der Waals surface area contributed by atoms with Crippen molar-refractivity contribution in [3.8, 4) is 11.8 Å². The molecule has 0 radical (unpaired) electrons. The molecule has 1 fully saturated rings. The van der Waals surface area contributed by atoms with E-state index >= 15 is 0 Å². The molecular weight excluding hydrogens is 542 g/mol. The number of nitrogens with one attached hydrogen (secondary N) is 2. The van der Waals surface area contributed by atoms with Crippen molar-refractivity contribution in [1.29, 1.82) is 0 Å². The van der Waals surface area contributed by atoms with Gasteiger partial charge in [-0.15, -0.1) is 0 Å². The lowest BCUT2D eigenvalue weighted by Gasteiger charge is -2.24. The second kappa shape index (κ2) is 12.5. The Kier molecular flexibility index (Phi) is 10.5. The largest absolute Gasteiger partial charge is 0.756 e. The minimum Gasteiger partial charge on any atom is -0.756 e. The van der Waals surface area contributed by atoms with E-state index in [1.54, 1.807) is 6.92 Å². The summed E-state index contributed by atoms with van der Waals surface area (Å²) in [5.74, 6) is 2.23. The van der Waals surface area contributed by atoms with Gasteiger partial charge >= 0.3 is 17.8 Å². The Morgan fingerprint density at radius 3 is 2.80 bits per heavy atom. The van der Waals surface area contributed by atoms with Gasteiger partial charge in [-0.05, 0) is 13.2 Å². The van der Waals surface area contributed by atoms with Crippen molar-refractivity contribution in [1.82, 2.24) is 14.9 Å². The summed E-state index contributed by atoms with van der Waals surface area (Å²) in [6.07, 6.45) is -5.11. The third-order valence-corrected chi connectivity index (χ3v) is 6.72. The topological polar surface area (TPSA) is 172 Å². The molecule has 0 saturated carbocycles. The van der Waals surface area contributed by atoms with Crippen molar-refractivity contribution < 1.29 is 46.3 Å². The summed E-state index contributed by atoms with van der Waals surface area (Å²) in [5, 5.41) is 1.51. The zero-order valence-corrected chi connectivity index (χ0v) is 20.6. The average molecular weight is 562 g/mol. The monoisotopic (exact) mass is 562 g/mol. The van der Waals surface area contributed by atoms with Gasteiger partial charge in [0.1, 0.15) is 23.3 Å². The smallest absolute Gasteiger partial charge is 0.471 e. The number of phosphoric ester groups is 1. The fourth-order valence-corrected chi connectivity index (χ4v) is 4.63. The number of carbonyl (C=O) groups is 1. The highest BCUT2D eigenvalue weighted by molar-refractivity contribution is 8.76. The Morgan fingerprint density at radius 1 is 1.51 bits per heavy atom. The summed E-state index contributed by atoms with van der Waals surface area (Å²) < 4.78 is 64.4. The summed E-state index contributed by atoms with van der Waals surface area (Å²) in [6.45, 7) is 0.403. The van der Waals surface area contributed by atoms with Crippen molar-refractivity contribution in [2.75, 3.05) is 19.4 Å². The molecule has 2 heterocycles. The maximum absolute atomic E-state index is 12.3. The van der Waals surface area contributed by atoms with Gasteiger partial charge in [-0.2, -0.15) is 13.2 Å². The molecule has 12 nitrogen and oxygen atoms in total. The number of hydrogen-bond acceptors (Lipinski definition) is 10. The van der Waals surface area contributed by atoms with Crippen molar-refractivity contribution in [2.45, 2.75) is 43.4 Å². The van der Waals surface area contributed by atoms with Crippen LogP contribution in [-0.2, 0) is 23.4 Å². The van der Waals surface area contributed by atoms with Crippen LogP contribution < -0.4 is 21.5 Å². The van der Waals surface area contributed by atoms with Crippen LogP contribution in [0.15, 0.2) is 15.8 Å². The number of amides is 1. The van der Waals surface area contributed by atoms with Crippen LogP contribution >= 0.6 is 29.4 Å². The van der Waals surface area contributed by atoms with Crippen LogP contribution in [0.1, 0.15) is 25.1 Å². The number of aromatic nitrogens is 2. The highest BCUT2D eigenvalue weighted by atomic mass is 33.1. The molecule has 0 spiro atoms. The fraction of sp³-hybridized carbons (Fsp3) is 0.588. The van der Waals surface area contributed by atoms with Gasteiger partial charge in [0.25, 0.3) is 13.4 Å². The molecule has 1 aliphatic rings. The van der Waals surface area contributed by atoms with Crippen LogP contribution in [0, 0.1) is 11.8 Å². The highest BCUT2D eigenvalue weighted by Crippen LogP contribution is 2.37. The van der Waals surface area contributed by atoms with Crippen LogP contribution in [0.25, 0.3) is 0 Å². The number of hydrogen-bond donors (Lipinski definition) is 3. The molecule has 18 heteroatoms. The molecule has 0 aromatic carbocycles. The van der Waals surface area contributed by atoms with Gasteiger partial charge in [-0.1, -0.05) is 33.4 Å². The Morgan fingerprint density at radius 2 is 2.20 bits per heavy atom. The summed E-state index contributed by atoms with van der Waals surface area (Å²) in [6, 6.07) is 0. The molecule has 1 aromatic rings. The third-order valence-electron chi connectivity index (χ3n) is 4.28. The van der Waals surface area contributed by atoms with E-state index in [1.807, 2.05) is 11.2 Å². The van der Waals surface area contributed by atoms with E-state index in [0.29, 0.717) is 0 Å². The van der Waals surface area contributed by atoms with E-state index < -0.39 is 62.7 Å². The molecule has 1 aliphatic heterocycles. The lowest BCUT2D eigenvalue weighted by Crippen LogP contribution is -2.37. The lowest BCUT2D eigenvalue weighted by molar-refractivity contribution is -0.223. The summed E-state index contributed by atoms with van der Waals surface area (Å²) >= 11 is 0. The van der Waals surface area contributed by atoms with Gasteiger partial charge in [-0.25, -0.2) is 4.79 Å². The molecule has 3 N–H and O–H groups in total. The van der Waals surface area contributed by atoms with Crippen LogP contribution in [0.5, 0.6) is 0 Å². The lowest BCUT2D eigenvalue weighted by atomic mass is 10.2. The predicted octanol–water partition coefficient (Wildman–Crippen LogP) is 0.0738. The van der Waals surface area contributed by atoms with Crippen molar-refractivity contribution in [3.63, 3.8) is 0 Å². The second-order valence-electron chi connectivity index (χ2n) is 6.83. The predicted molar refractivity (Wildman–Crippen MR) is 117 cm³/mol. The first-order chi connectivity index (χ1) is 16.2. The van der Waals surface area contributed by atoms with E-state index in [1.165, 1.54) is 26.9 Å². The van der Waals surface area contributed by atoms with Crippen LogP contribution in [0.3, 0.4) is 0 Å². The molecule has 0 bridgehead atoms. The van der Waals surface area contributed by atoms with Gasteiger partial charge in [0, 0.05) is 12.6 Å². The number of H-pyrrole nitrogens is 1. The van der Waals surface area contributed by atoms with E-state index in [-0.39, 0.29) is 17.4 Å². The minimum atomic E-state index is -5.09. The molecule has 196 valence electrons. The number of alkyl halides is 3. The molecule has 0 aliphatic carbocycles. The quantitative estimate of drug-likeness (QED) is 0.161. The average Bonchev–Trinajstić information content (AvgIpc) is 3.12. The number of aromatic amines is 1. The van der Waals surface area contributed by atoms with Crippen molar-refractivity contribution in [3.05, 3.63) is 32.6 Å². The number of phosphoric acid groups is 1. The number of carbonyl (C=O) groups excluding carboxylic acids is 1. The Balaban J connectivity index is 2.23. The van der Waals surface area contributed by atoms with Gasteiger partial charge in [0.2, 0.25) is 0 Å². The van der Waals surface area contributed by atoms with E-state index in [4.69, 9.17) is 14.4 Å². The Labute approximate surface area is 203 Å². The molecule has 1 amide bonds. The third kappa shape index (κ3) is 9.32. The first-order valence-corrected chi connectivity index (χ1v) is 13.7. The summed E-state index contributed by atoms with van der Waals surface area (Å²) in [7, 11) is -2.30. The zero-order chi connectivity index (χ0) is 26.4. The highest BCUT2D eigenvalue weighted by Gasteiger charge is 2.39. The number of rotatable bonds is 9. The normalized spacial score (nSPS) is 22.7. The zero-order valence-electron chi connectivity index (χ0n) is 18.1. The van der Waals surface area contributed by atoms with Crippen LogP contribution in [0.4, 0.5) is 13.2 Å². The SMILES string of the molecule is CSS[C@H](C)OC1C[C@H](n2cc(C#CCNC(=O)C(F)(F)F)c(=O)[nH]c2=O)O[C@@H]1COP(=O)([O-])O. The molecule has 2 unspecified atom stereocenters. The summed E-state index contributed by atoms with van der Waals surface area (Å²) in [5.41, 5.74) is -2.50. The van der Waals surface area contributed by atoms with Crippen LogP contribution in [-0.4, -0.2) is 63.6 Å². The van der Waals surface area contributed by atoms with E-state index in [9.17, 15) is 37.0 Å².